The molecule has 0 atom stereocenters. The van der Waals surface area contributed by atoms with Crippen LogP contribution >= 0.6 is 0 Å². The number of aromatic nitrogens is 2. The van der Waals surface area contributed by atoms with E-state index in [4.69, 9.17) is 11.5 Å². The standard InChI is InChI=1S/C8H14N4/c1-5(2)3-6-4-7(9)12-8(10)11-6/h4-5H,3H2,1-2H3,(H4,9,10,11,12). The van der Waals surface area contributed by atoms with E-state index in [9.17, 15) is 0 Å². The molecule has 4 N–H and O–H groups in total. The van der Waals surface area contributed by atoms with Crippen LogP contribution in [-0.4, -0.2) is 9.97 Å². The Labute approximate surface area is 72.0 Å². The first kappa shape index (κ1) is 8.77. The number of anilines is 2. The molecular formula is C8H14N4. The van der Waals surface area contributed by atoms with Crippen molar-refractivity contribution in [2.45, 2.75) is 20.3 Å². The van der Waals surface area contributed by atoms with Crippen molar-refractivity contribution in [2.24, 2.45) is 5.92 Å². The molecule has 0 radical (unpaired) electrons. The molecule has 0 saturated carbocycles. The van der Waals surface area contributed by atoms with Crippen LogP contribution in [0, 0.1) is 5.92 Å². The lowest BCUT2D eigenvalue weighted by Crippen LogP contribution is -2.04. The first-order valence-corrected chi connectivity index (χ1v) is 3.97. The molecule has 0 amide bonds. The first-order chi connectivity index (χ1) is 5.58. The van der Waals surface area contributed by atoms with Gasteiger partial charge in [-0.05, 0) is 12.3 Å². The molecule has 0 aliphatic carbocycles. The highest BCUT2D eigenvalue weighted by Gasteiger charge is 2.01. The average Bonchev–Trinajstić information content (AvgIpc) is 1.81. The fraction of sp³-hybridized carbons (Fsp3) is 0.500. The second kappa shape index (κ2) is 3.38. The van der Waals surface area contributed by atoms with E-state index in [1.54, 1.807) is 6.07 Å². The Morgan fingerprint density at radius 3 is 2.50 bits per heavy atom. The molecule has 4 heteroatoms. The maximum absolute atomic E-state index is 5.50. The van der Waals surface area contributed by atoms with Gasteiger partial charge in [0.25, 0.3) is 0 Å². The van der Waals surface area contributed by atoms with Crippen LogP contribution in [0.5, 0.6) is 0 Å². The maximum atomic E-state index is 5.50. The molecule has 1 heterocycles. The maximum Gasteiger partial charge on any atom is 0.222 e. The number of hydrogen-bond donors (Lipinski definition) is 2. The van der Waals surface area contributed by atoms with Crippen LogP contribution in [0.1, 0.15) is 19.5 Å². The van der Waals surface area contributed by atoms with Gasteiger partial charge in [0.1, 0.15) is 5.82 Å². The average molecular weight is 166 g/mol. The highest BCUT2D eigenvalue weighted by molar-refractivity contribution is 5.35. The molecule has 0 spiro atoms. The highest BCUT2D eigenvalue weighted by Crippen LogP contribution is 2.09. The van der Waals surface area contributed by atoms with Crippen LogP contribution in [0.2, 0.25) is 0 Å². The predicted octanol–water partition coefficient (Wildman–Crippen LogP) is 0.840. The molecule has 0 aliphatic heterocycles. The molecule has 0 saturated heterocycles. The minimum Gasteiger partial charge on any atom is -0.384 e. The van der Waals surface area contributed by atoms with Crippen LogP contribution in [0.3, 0.4) is 0 Å². The molecular weight excluding hydrogens is 152 g/mol. The zero-order chi connectivity index (χ0) is 9.14. The second-order valence-electron chi connectivity index (χ2n) is 3.24. The molecule has 0 bridgehead atoms. The molecule has 0 aromatic carbocycles. The monoisotopic (exact) mass is 166 g/mol. The molecule has 4 nitrogen and oxygen atoms in total. The Balaban J connectivity index is 2.85. The van der Waals surface area contributed by atoms with Gasteiger partial charge >= 0.3 is 0 Å². The van der Waals surface area contributed by atoms with E-state index in [1.807, 2.05) is 0 Å². The van der Waals surface area contributed by atoms with Gasteiger partial charge in [-0.1, -0.05) is 13.8 Å². The normalized spacial score (nSPS) is 10.6. The summed E-state index contributed by atoms with van der Waals surface area (Å²) in [7, 11) is 0. The summed E-state index contributed by atoms with van der Waals surface area (Å²) in [4.78, 5) is 7.85. The third kappa shape index (κ3) is 2.38. The zero-order valence-electron chi connectivity index (χ0n) is 7.41. The molecule has 12 heavy (non-hydrogen) atoms. The number of nitrogens with zero attached hydrogens (tertiary/aromatic N) is 2. The SMILES string of the molecule is CC(C)Cc1cc(N)nc(N)n1. The van der Waals surface area contributed by atoms with E-state index in [0.29, 0.717) is 11.7 Å². The summed E-state index contributed by atoms with van der Waals surface area (Å²) in [6.07, 6.45) is 0.886. The summed E-state index contributed by atoms with van der Waals surface area (Å²) in [5.74, 6) is 1.25. The fourth-order valence-corrected chi connectivity index (χ4v) is 1.06. The van der Waals surface area contributed by atoms with E-state index >= 15 is 0 Å². The summed E-state index contributed by atoms with van der Waals surface area (Å²) in [5.41, 5.74) is 11.8. The van der Waals surface area contributed by atoms with Gasteiger partial charge in [0, 0.05) is 11.8 Å². The molecule has 0 aliphatic rings. The van der Waals surface area contributed by atoms with Crippen molar-refractivity contribution in [1.29, 1.82) is 0 Å². The fourth-order valence-electron chi connectivity index (χ4n) is 1.06. The Bertz CT molecular complexity index is 250. The highest BCUT2D eigenvalue weighted by atomic mass is 15.0. The lowest BCUT2D eigenvalue weighted by atomic mass is 10.1. The summed E-state index contributed by atoms with van der Waals surface area (Å²) >= 11 is 0. The van der Waals surface area contributed by atoms with Gasteiger partial charge in [-0.25, -0.2) is 4.98 Å². The summed E-state index contributed by atoms with van der Waals surface area (Å²) < 4.78 is 0. The number of rotatable bonds is 2. The van der Waals surface area contributed by atoms with Gasteiger partial charge < -0.3 is 11.5 Å². The van der Waals surface area contributed by atoms with Gasteiger partial charge in [0.2, 0.25) is 5.95 Å². The van der Waals surface area contributed by atoms with Gasteiger partial charge in [-0.3, -0.25) is 0 Å². The van der Waals surface area contributed by atoms with Crippen molar-refractivity contribution in [1.82, 2.24) is 9.97 Å². The third-order valence-corrected chi connectivity index (χ3v) is 1.43. The van der Waals surface area contributed by atoms with Crippen LogP contribution in [0.25, 0.3) is 0 Å². The Hall–Kier alpha value is -1.32. The smallest absolute Gasteiger partial charge is 0.222 e. The molecule has 1 rings (SSSR count). The molecule has 1 aromatic heterocycles. The van der Waals surface area contributed by atoms with E-state index in [0.717, 1.165) is 12.1 Å². The Kier molecular flexibility index (Phi) is 2.47. The lowest BCUT2D eigenvalue weighted by molar-refractivity contribution is 0.635. The van der Waals surface area contributed by atoms with E-state index in [-0.39, 0.29) is 5.95 Å². The van der Waals surface area contributed by atoms with Crippen LogP contribution in [-0.2, 0) is 6.42 Å². The summed E-state index contributed by atoms with van der Waals surface area (Å²) in [5, 5.41) is 0. The minimum absolute atomic E-state index is 0.255. The summed E-state index contributed by atoms with van der Waals surface area (Å²) in [6.45, 7) is 4.24. The number of hydrogen-bond acceptors (Lipinski definition) is 4. The molecule has 66 valence electrons. The van der Waals surface area contributed by atoms with Gasteiger partial charge in [0.05, 0.1) is 0 Å². The predicted molar refractivity (Wildman–Crippen MR) is 49.4 cm³/mol. The topological polar surface area (TPSA) is 77.8 Å². The van der Waals surface area contributed by atoms with E-state index < -0.39 is 0 Å². The van der Waals surface area contributed by atoms with E-state index in [2.05, 4.69) is 23.8 Å². The van der Waals surface area contributed by atoms with Crippen molar-refractivity contribution in [3.05, 3.63) is 11.8 Å². The number of nitrogens with two attached hydrogens (primary N) is 2. The zero-order valence-corrected chi connectivity index (χ0v) is 7.41. The van der Waals surface area contributed by atoms with Gasteiger partial charge in [-0.2, -0.15) is 4.98 Å². The second-order valence-corrected chi connectivity index (χ2v) is 3.24. The van der Waals surface area contributed by atoms with Crippen molar-refractivity contribution in [3.63, 3.8) is 0 Å². The van der Waals surface area contributed by atoms with E-state index in [1.165, 1.54) is 0 Å². The summed E-state index contributed by atoms with van der Waals surface area (Å²) in [6, 6.07) is 1.76. The Morgan fingerprint density at radius 1 is 1.33 bits per heavy atom. The third-order valence-electron chi connectivity index (χ3n) is 1.43. The van der Waals surface area contributed by atoms with Gasteiger partial charge in [0.15, 0.2) is 0 Å². The van der Waals surface area contributed by atoms with Crippen LogP contribution < -0.4 is 11.5 Å². The molecule has 0 unspecified atom stereocenters. The molecule has 1 aromatic rings. The van der Waals surface area contributed by atoms with Crippen LogP contribution in [0.4, 0.5) is 11.8 Å². The molecule has 0 fully saturated rings. The quantitative estimate of drug-likeness (QED) is 0.682. The number of nitrogen functional groups attached to an aromatic ring is 2. The Morgan fingerprint density at radius 2 is 2.00 bits per heavy atom. The largest absolute Gasteiger partial charge is 0.384 e. The van der Waals surface area contributed by atoms with Crippen molar-refractivity contribution in [3.8, 4) is 0 Å². The van der Waals surface area contributed by atoms with Crippen molar-refractivity contribution in [2.75, 3.05) is 11.5 Å². The first-order valence-electron chi connectivity index (χ1n) is 3.97. The van der Waals surface area contributed by atoms with Crippen molar-refractivity contribution < 1.29 is 0 Å². The lowest BCUT2D eigenvalue weighted by Gasteiger charge is -2.04. The minimum atomic E-state index is 0.255. The van der Waals surface area contributed by atoms with Crippen molar-refractivity contribution >= 4 is 11.8 Å². The van der Waals surface area contributed by atoms with Gasteiger partial charge in [-0.15, -0.1) is 0 Å². The van der Waals surface area contributed by atoms with Crippen LogP contribution in [0.15, 0.2) is 6.07 Å².